The number of nitrogens with zero attached hydrogens (tertiary/aromatic N) is 2. The minimum atomic E-state index is -0.500. The van der Waals surface area contributed by atoms with Crippen LogP contribution < -0.4 is 5.32 Å². The number of carbonyl (C=O) groups excluding carboxylic acids is 3. The van der Waals surface area contributed by atoms with Gasteiger partial charge in [0, 0.05) is 16.3 Å². The molecule has 9 heteroatoms. The molecular weight excluding hydrogens is 414 g/mol. The van der Waals surface area contributed by atoms with E-state index in [2.05, 4.69) is 11.4 Å². The Balaban J connectivity index is 1.49. The molecule has 0 spiro atoms. The Labute approximate surface area is 177 Å². The van der Waals surface area contributed by atoms with Crippen molar-refractivity contribution in [1.29, 1.82) is 5.26 Å². The minimum Gasteiger partial charge on any atom is -0.370 e. The van der Waals surface area contributed by atoms with Gasteiger partial charge in [0.2, 0.25) is 17.7 Å². The second-order valence-electron chi connectivity index (χ2n) is 8.16. The molecule has 1 fully saturated rings. The summed E-state index contributed by atoms with van der Waals surface area (Å²) in [6.45, 7) is 3.94. The molecule has 3 amide bonds. The largest absolute Gasteiger partial charge is 0.370 e. The second kappa shape index (κ2) is 7.24. The molecule has 0 bridgehead atoms. The molecule has 152 valence electrons. The third-order valence-electron chi connectivity index (χ3n) is 5.61. The van der Waals surface area contributed by atoms with Crippen LogP contribution in [0.4, 0.5) is 5.00 Å². The highest BCUT2D eigenvalue weighted by Crippen LogP contribution is 2.41. The highest BCUT2D eigenvalue weighted by molar-refractivity contribution is 7.16. The monoisotopic (exact) mass is 433 g/mol. The Morgan fingerprint density at radius 1 is 1.41 bits per heavy atom. The van der Waals surface area contributed by atoms with E-state index in [-0.39, 0.29) is 24.0 Å². The van der Waals surface area contributed by atoms with Crippen molar-refractivity contribution in [3.05, 3.63) is 27.1 Å². The van der Waals surface area contributed by atoms with Gasteiger partial charge in [0.05, 0.1) is 29.6 Å². The van der Waals surface area contributed by atoms with Crippen molar-refractivity contribution in [1.82, 2.24) is 4.90 Å². The van der Waals surface area contributed by atoms with Crippen LogP contribution in [0.1, 0.15) is 42.7 Å². The molecule has 1 aliphatic carbocycles. The Kier molecular flexibility index (Phi) is 5.01. The summed E-state index contributed by atoms with van der Waals surface area (Å²) >= 11 is 7.32. The summed E-state index contributed by atoms with van der Waals surface area (Å²) in [6.07, 6.45) is 3.09. The van der Waals surface area contributed by atoms with Crippen molar-refractivity contribution in [3.8, 4) is 6.07 Å². The van der Waals surface area contributed by atoms with Crippen molar-refractivity contribution in [3.63, 3.8) is 0 Å². The molecule has 0 saturated carbocycles. The molecular formula is C20H20ClN3O4S. The first kappa shape index (κ1) is 20.1. The summed E-state index contributed by atoms with van der Waals surface area (Å²) in [6, 6.07) is 2.17. The van der Waals surface area contributed by atoms with E-state index in [1.54, 1.807) is 6.08 Å². The fraction of sp³-hybridized carbons (Fsp3) is 0.500. The zero-order valence-electron chi connectivity index (χ0n) is 16.1. The van der Waals surface area contributed by atoms with Gasteiger partial charge in [-0.3, -0.25) is 19.3 Å². The number of hydrogen-bond acceptors (Lipinski definition) is 6. The molecule has 3 aliphatic rings. The van der Waals surface area contributed by atoms with Gasteiger partial charge in [-0.05, 0) is 32.3 Å². The summed E-state index contributed by atoms with van der Waals surface area (Å²) in [5.74, 6) is -2.13. The number of hydrogen-bond donors (Lipinski definition) is 1. The van der Waals surface area contributed by atoms with Crippen LogP contribution in [0.15, 0.2) is 11.1 Å². The van der Waals surface area contributed by atoms with Crippen molar-refractivity contribution in [2.75, 3.05) is 11.9 Å². The number of thiophene rings is 1. The van der Waals surface area contributed by atoms with Crippen LogP contribution in [0.5, 0.6) is 0 Å². The van der Waals surface area contributed by atoms with Crippen LogP contribution in [-0.2, 0) is 32.1 Å². The number of halogens is 1. The number of carbonyl (C=O) groups is 3. The smallest absolute Gasteiger partial charge is 0.245 e. The summed E-state index contributed by atoms with van der Waals surface area (Å²) in [5.41, 5.74) is 0.948. The predicted molar refractivity (Wildman–Crippen MR) is 107 cm³/mol. The number of imide groups is 1. The van der Waals surface area contributed by atoms with Gasteiger partial charge < -0.3 is 10.1 Å². The Hall–Kier alpha value is -2.21. The number of allylic oxidation sites excluding steroid dienone is 2. The fourth-order valence-electron chi connectivity index (χ4n) is 4.12. The molecule has 3 heterocycles. The quantitative estimate of drug-likeness (QED) is 0.739. The zero-order chi connectivity index (χ0) is 20.9. The average Bonchev–Trinajstić information content (AvgIpc) is 3.10. The molecule has 29 heavy (non-hydrogen) atoms. The highest BCUT2D eigenvalue weighted by atomic mass is 35.5. The number of ether oxygens (including phenoxy) is 1. The molecule has 1 saturated heterocycles. The first-order valence-corrected chi connectivity index (χ1v) is 10.6. The Bertz CT molecular complexity index is 991. The topological polar surface area (TPSA) is 99.5 Å². The van der Waals surface area contributed by atoms with E-state index in [0.29, 0.717) is 41.5 Å². The van der Waals surface area contributed by atoms with Crippen LogP contribution >= 0.6 is 22.9 Å². The molecule has 4 rings (SSSR count). The second-order valence-corrected chi connectivity index (χ2v) is 9.75. The van der Waals surface area contributed by atoms with Crippen molar-refractivity contribution in [2.24, 2.45) is 11.8 Å². The zero-order valence-corrected chi connectivity index (χ0v) is 17.7. The maximum absolute atomic E-state index is 12.6. The van der Waals surface area contributed by atoms with Gasteiger partial charge >= 0.3 is 0 Å². The summed E-state index contributed by atoms with van der Waals surface area (Å²) in [7, 11) is 0. The van der Waals surface area contributed by atoms with E-state index < -0.39 is 17.7 Å². The third kappa shape index (κ3) is 3.59. The molecule has 0 radical (unpaired) electrons. The van der Waals surface area contributed by atoms with Gasteiger partial charge in [-0.15, -0.1) is 11.3 Å². The lowest BCUT2D eigenvalue weighted by molar-refractivity contribution is -0.142. The van der Waals surface area contributed by atoms with Gasteiger partial charge in [-0.1, -0.05) is 17.7 Å². The first-order chi connectivity index (χ1) is 13.7. The van der Waals surface area contributed by atoms with Crippen LogP contribution in [0.25, 0.3) is 0 Å². The molecule has 1 aromatic heterocycles. The summed E-state index contributed by atoms with van der Waals surface area (Å²) < 4.78 is 5.78. The molecule has 0 unspecified atom stereocenters. The summed E-state index contributed by atoms with van der Waals surface area (Å²) in [5, 5.41) is 13.3. The van der Waals surface area contributed by atoms with Crippen LogP contribution in [-0.4, -0.2) is 34.8 Å². The fourth-order valence-corrected chi connectivity index (χ4v) is 5.47. The molecule has 2 aliphatic heterocycles. The lowest BCUT2D eigenvalue weighted by Gasteiger charge is -2.29. The maximum Gasteiger partial charge on any atom is 0.245 e. The molecule has 1 N–H and O–H groups in total. The van der Waals surface area contributed by atoms with Gasteiger partial charge in [0.15, 0.2) is 0 Å². The predicted octanol–water partition coefficient (Wildman–Crippen LogP) is 2.93. The third-order valence-corrected chi connectivity index (χ3v) is 7.04. The van der Waals surface area contributed by atoms with Crippen molar-refractivity contribution in [2.45, 2.75) is 45.3 Å². The van der Waals surface area contributed by atoms with Crippen molar-refractivity contribution < 1.29 is 19.1 Å². The van der Waals surface area contributed by atoms with E-state index in [0.717, 1.165) is 15.3 Å². The van der Waals surface area contributed by atoms with E-state index in [1.165, 1.54) is 11.3 Å². The van der Waals surface area contributed by atoms with E-state index in [4.69, 9.17) is 16.3 Å². The maximum atomic E-state index is 12.6. The number of likely N-dealkylation sites (tertiary alicyclic amines) is 1. The van der Waals surface area contributed by atoms with Gasteiger partial charge in [-0.2, -0.15) is 5.26 Å². The lowest BCUT2D eigenvalue weighted by atomic mass is 9.85. The molecule has 2 atom stereocenters. The minimum absolute atomic E-state index is 0.334. The number of fused-ring (bicyclic) bond motifs is 2. The summed E-state index contributed by atoms with van der Waals surface area (Å²) in [4.78, 5) is 39.7. The SMILES string of the molecule is CC1(C)Cc2c(sc(NC(=O)CN3C(=O)[C@@H]4CC=C(Cl)C[C@H]4C3=O)c2C#N)CO1. The normalized spacial score (nSPS) is 25.2. The van der Waals surface area contributed by atoms with Crippen LogP contribution in [0.3, 0.4) is 0 Å². The van der Waals surface area contributed by atoms with Crippen LogP contribution in [0.2, 0.25) is 0 Å². The number of rotatable bonds is 3. The number of anilines is 1. The first-order valence-electron chi connectivity index (χ1n) is 9.38. The number of nitrogens with one attached hydrogen (secondary N) is 1. The van der Waals surface area contributed by atoms with E-state index in [9.17, 15) is 19.6 Å². The van der Waals surface area contributed by atoms with Crippen LogP contribution in [0, 0.1) is 23.2 Å². The highest BCUT2D eigenvalue weighted by Gasteiger charge is 2.48. The van der Waals surface area contributed by atoms with Crippen molar-refractivity contribution >= 4 is 45.7 Å². The Morgan fingerprint density at radius 2 is 2.14 bits per heavy atom. The van der Waals surface area contributed by atoms with E-state index >= 15 is 0 Å². The number of amides is 3. The molecule has 7 nitrogen and oxygen atoms in total. The standard InChI is InChI=1S/C20H20ClN3O4S/c1-20(2)6-13-14(7-22)17(29-15(13)9-28-20)23-16(25)8-24-18(26)11-4-3-10(21)5-12(11)19(24)27/h3,11-12H,4-6,8-9H2,1-2H3,(H,23,25)/t11-,12-/m1/s1. The molecule has 0 aromatic carbocycles. The lowest BCUT2D eigenvalue weighted by Crippen LogP contribution is -2.38. The average molecular weight is 434 g/mol. The van der Waals surface area contributed by atoms with Gasteiger partial charge in [-0.25, -0.2) is 0 Å². The van der Waals surface area contributed by atoms with Gasteiger partial charge in [0.1, 0.15) is 17.6 Å². The Morgan fingerprint density at radius 3 is 2.86 bits per heavy atom. The number of nitriles is 1. The molecule has 1 aromatic rings. The van der Waals surface area contributed by atoms with Gasteiger partial charge in [0.25, 0.3) is 0 Å². The van der Waals surface area contributed by atoms with E-state index in [1.807, 2.05) is 13.8 Å².